The van der Waals surface area contributed by atoms with E-state index in [0.29, 0.717) is 0 Å². The number of hydrogen-bond donors (Lipinski definition) is 1. The number of pyridine rings is 1. The average Bonchev–Trinajstić information content (AvgIpc) is 2.45. The predicted molar refractivity (Wildman–Crippen MR) is 78.5 cm³/mol. The van der Waals surface area contributed by atoms with Crippen molar-refractivity contribution in [1.82, 2.24) is 4.98 Å². The largest absolute Gasteiger partial charge is 0.494 e. The van der Waals surface area contributed by atoms with E-state index in [4.69, 9.17) is 4.74 Å². The van der Waals surface area contributed by atoms with Crippen molar-refractivity contribution < 1.29 is 4.74 Å². The Morgan fingerprint density at radius 3 is 2.63 bits per heavy atom. The van der Waals surface area contributed by atoms with Gasteiger partial charge >= 0.3 is 0 Å². The molecule has 0 saturated carbocycles. The third-order valence-corrected chi connectivity index (χ3v) is 2.92. The lowest BCUT2D eigenvalue weighted by Gasteiger charge is -2.09. The van der Waals surface area contributed by atoms with Crippen molar-refractivity contribution in [2.75, 3.05) is 11.9 Å². The molecule has 0 amide bonds. The SMILES string of the molecule is CCCOc1ccc(CNc2cnccc2C)cc1. The fourth-order valence-electron chi connectivity index (χ4n) is 1.77. The van der Waals surface area contributed by atoms with Crippen LogP contribution in [0.25, 0.3) is 0 Å². The van der Waals surface area contributed by atoms with Crippen LogP contribution in [-0.4, -0.2) is 11.6 Å². The summed E-state index contributed by atoms with van der Waals surface area (Å²) in [6.45, 7) is 5.74. The molecular weight excluding hydrogens is 236 g/mol. The normalized spacial score (nSPS) is 10.2. The standard InChI is InChI=1S/C16H20N2O/c1-3-10-19-15-6-4-14(5-7-15)11-18-16-12-17-9-8-13(16)2/h4-9,12,18H,3,10-11H2,1-2H3. The maximum Gasteiger partial charge on any atom is 0.119 e. The van der Waals surface area contributed by atoms with Crippen molar-refractivity contribution in [2.45, 2.75) is 26.8 Å². The number of hydrogen-bond acceptors (Lipinski definition) is 3. The van der Waals surface area contributed by atoms with Gasteiger partial charge in [0.2, 0.25) is 0 Å². The van der Waals surface area contributed by atoms with Gasteiger partial charge in [-0.1, -0.05) is 19.1 Å². The molecule has 0 radical (unpaired) electrons. The Labute approximate surface area is 114 Å². The van der Waals surface area contributed by atoms with Gasteiger partial charge in [0, 0.05) is 12.7 Å². The van der Waals surface area contributed by atoms with E-state index in [1.54, 1.807) is 6.20 Å². The van der Waals surface area contributed by atoms with Gasteiger partial charge in [-0.3, -0.25) is 4.98 Å². The molecule has 0 bridgehead atoms. The van der Waals surface area contributed by atoms with E-state index in [2.05, 4.69) is 36.3 Å². The molecule has 19 heavy (non-hydrogen) atoms. The topological polar surface area (TPSA) is 34.1 Å². The first kappa shape index (κ1) is 13.4. The highest BCUT2D eigenvalue weighted by atomic mass is 16.5. The van der Waals surface area contributed by atoms with E-state index in [9.17, 15) is 0 Å². The Kier molecular flexibility index (Phi) is 4.78. The van der Waals surface area contributed by atoms with Crippen LogP contribution in [0.2, 0.25) is 0 Å². The maximum absolute atomic E-state index is 5.56. The monoisotopic (exact) mass is 256 g/mol. The van der Waals surface area contributed by atoms with E-state index < -0.39 is 0 Å². The summed E-state index contributed by atoms with van der Waals surface area (Å²) in [6.07, 6.45) is 4.69. The molecule has 3 heteroatoms. The van der Waals surface area contributed by atoms with Crippen molar-refractivity contribution >= 4 is 5.69 Å². The van der Waals surface area contributed by atoms with Gasteiger partial charge in [-0.2, -0.15) is 0 Å². The molecule has 0 aliphatic carbocycles. The lowest BCUT2D eigenvalue weighted by Crippen LogP contribution is -2.01. The molecule has 0 atom stereocenters. The number of aromatic nitrogens is 1. The van der Waals surface area contributed by atoms with Gasteiger partial charge in [-0.15, -0.1) is 0 Å². The zero-order valence-corrected chi connectivity index (χ0v) is 11.5. The van der Waals surface area contributed by atoms with Gasteiger partial charge in [0.05, 0.1) is 18.5 Å². The number of anilines is 1. The molecule has 0 saturated heterocycles. The molecule has 0 aliphatic heterocycles. The smallest absolute Gasteiger partial charge is 0.119 e. The summed E-state index contributed by atoms with van der Waals surface area (Å²) >= 11 is 0. The predicted octanol–water partition coefficient (Wildman–Crippen LogP) is 3.79. The van der Waals surface area contributed by atoms with Gasteiger partial charge in [0.15, 0.2) is 0 Å². The summed E-state index contributed by atoms with van der Waals surface area (Å²) in [7, 11) is 0. The van der Waals surface area contributed by atoms with Crippen molar-refractivity contribution in [1.29, 1.82) is 0 Å². The fourth-order valence-corrected chi connectivity index (χ4v) is 1.77. The van der Waals surface area contributed by atoms with Crippen LogP contribution in [0.5, 0.6) is 5.75 Å². The minimum absolute atomic E-state index is 0.770. The highest BCUT2D eigenvalue weighted by Crippen LogP contribution is 2.15. The molecule has 2 aromatic rings. The van der Waals surface area contributed by atoms with Gasteiger partial charge < -0.3 is 10.1 Å². The zero-order valence-electron chi connectivity index (χ0n) is 11.5. The van der Waals surface area contributed by atoms with Gasteiger partial charge in [-0.25, -0.2) is 0 Å². The molecule has 0 fully saturated rings. The maximum atomic E-state index is 5.56. The highest BCUT2D eigenvalue weighted by Gasteiger charge is 1.98. The molecule has 1 aromatic carbocycles. The first-order chi connectivity index (χ1) is 9.29. The minimum Gasteiger partial charge on any atom is -0.494 e. The van der Waals surface area contributed by atoms with Crippen LogP contribution in [0, 0.1) is 6.92 Å². The quantitative estimate of drug-likeness (QED) is 0.853. The summed E-state index contributed by atoms with van der Waals surface area (Å²) in [6, 6.07) is 10.2. The Morgan fingerprint density at radius 1 is 1.16 bits per heavy atom. The Morgan fingerprint density at radius 2 is 1.95 bits per heavy atom. The number of nitrogens with one attached hydrogen (secondary N) is 1. The third kappa shape index (κ3) is 3.98. The highest BCUT2D eigenvalue weighted by molar-refractivity contribution is 5.48. The molecule has 2 rings (SSSR count). The second-order valence-electron chi connectivity index (χ2n) is 4.54. The van der Waals surface area contributed by atoms with Crippen LogP contribution < -0.4 is 10.1 Å². The Hall–Kier alpha value is -2.03. The minimum atomic E-state index is 0.770. The van der Waals surface area contributed by atoms with E-state index >= 15 is 0 Å². The van der Waals surface area contributed by atoms with Crippen LogP contribution in [-0.2, 0) is 6.54 Å². The van der Waals surface area contributed by atoms with Crippen molar-refractivity contribution in [3.63, 3.8) is 0 Å². The molecule has 0 spiro atoms. The number of ether oxygens (including phenoxy) is 1. The van der Waals surface area contributed by atoms with Gasteiger partial charge in [-0.05, 0) is 42.7 Å². The molecule has 0 unspecified atom stereocenters. The summed E-state index contributed by atoms with van der Waals surface area (Å²) in [5.41, 5.74) is 3.51. The zero-order chi connectivity index (χ0) is 13.5. The lowest BCUT2D eigenvalue weighted by molar-refractivity contribution is 0.317. The van der Waals surface area contributed by atoms with E-state index in [1.165, 1.54) is 11.1 Å². The summed E-state index contributed by atoms with van der Waals surface area (Å²) in [4.78, 5) is 4.12. The van der Waals surface area contributed by atoms with Crippen molar-refractivity contribution in [2.24, 2.45) is 0 Å². The lowest BCUT2D eigenvalue weighted by atomic mass is 10.2. The number of benzene rings is 1. The molecule has 1 N–H and O–H groups in total. The summed E-state index contributed by atoms with van der Waals surface area (Å²) < 4.78 is 5.56. The first-order valence-electron chi connectivity index (χ1n) is 6.66. The second-order valence-corrected chi connectivity index (χ2v) is 4.54. The van der Waals surface area contributed by atoms with Crippen LogP contribution in [0.4, 0.5) is 5.69 Å². The summed E-state index contributed by atoms with van der Waals surface area (Å²) in [5, 5.41) is 3.39. The van der Waals surface area contributed by atoms with E-state index in [0.717, 1.165) is 31.0 Å². The molecular formula is C16H20N2O. The van der Waals surface area contributed by atoms with Crippen LogP contribution in [0.3, 0.4) is 0 Å². The first-order valence-corrected chi connectivity index (χ1v) is 6.66. The Balaban J connectivity index is 1.91. The molecule has 0 aliphatic rings. The van der Waals surface area contributed by atoms with Crippen molar-refractivity contribution in [3.8, 4) is 5.75 Å². The third-order valence-electron chi connectivity index (χ3n) is 2.92. The number of rotatable bonds is 6. The molecule has 3 nitrogen and oxygen atoms in total. The average molecular weight is 256 g/mol. The Bertz CT molecular complexity index is 508. The van der Waals surface area contributed by atoms with Crippen molar-refractivity contribution in [3.05, 3.63) is 53.9 Å². The van der Waals surface area contributed by atoms with E-state index in [1.807, 2.05) is 24.4 Å². The van der Waals surface area contributed by atoms with Gasteiger partial charge in [0.25, 0.3) is 0 Å². The number of nitrogens with zero attached hydrogens (tertiary/aromatic N) is 1. The van der Waals surface area contributed by atoms with Crippen LogP contribution in [0.1, 0.15) is 24.5 Å². The molecule has 1 heterocycles. The second kappa shape index (κ2) is 6.78. The van der Waals surface area contributed by atoms with Gasteiger partial charge in [0.1, 0.15) is 5.75 Å². The fraction of sp³-hybridized carbons (Fsp3) is 0.312. The van der Waals surface area contributed by atoms with Crippen LogP contribution >= 0.6 is 0 Å². The summed E-state index contributed by atoms with van der Waals surface area (Å²) in [5.74, 6) is 0.933. The molecule has 1 aromatic heterocycles. The number of aryl methyl sites for hydroxylation is 1. The van der Waals surface area contributed by atoms with Crippen LogP contribution in [0.15, 0.2) is 42.7 Å². The molecule has 100 valence electrons. The van der Waals surface area contributed by atoms with E-state index in [-0.39, 0.29) is 0 Å².